The molecule has 0 saturated heterocycles. The van der Waals surface area contributed by atoms with Gasteiger partial charge in [-0.05, 0) is 17.7 Å². The molecule has 0 N–H and O–H groups in total. The van der Waals surface area contributed by atoms with Crippen LogP contribution in [0.15, 0.2) is 24.0 Å². The van der Waals surface area contributed by atoms with Crippen molar-refractivity contribution in [3.05, 3.63) is 40.7 Å². The first kappa shape index (κ1) is 13.3. The van der Waals surface area contributed by atoms with Gasteiger partial charge in [0.05, 0.1) is 26.4 Å². The number of methoxy groups -OCH3 is 3. The fourth-order valence-electron chi connectivity index (χ4n) is 2.06. The Hall–Kier alpha value is -2.14. The fourth-order valence-corrected chi connectivity index (χ4v) is 2.06. The maximum Gasteiger partial charge on any atom is 0.228 e. The average molecular weight is 262 g/mol. The molecule has 0 fully saturated rings. The Balaban J connectivity index is 2.62. The molecule has 0 heterocycles. The number of carbonyl (C=O) groups excluding carboxylic acids is 2. The number of Topliss-reactive ketones (excluding diaryl/α,β-unsaturated/α-hetero) is 1. The van der Waals surface area contributed by atoms with Gasteiger partial charge in [-0.1, -0.05) is 0 Å². The Morgan fingerprint density at radius 2 is 1.79 bits per heavy atom. The number of fused-ring (bicyclic) bond motifs is 1. The number of hydrogen-bond donors (Lipinski definition) is 0. The molecule has 0 radical (unpaired) electrons. The minimum atomic E-state index is -0.326. The molecule has 2 rings (SSSR count). The summed E-state index contributed by atoms with van der Waals surface area (Å²) in [4.78, 5) is 24.2. The van der Waals surface area contributed by atoms with Gasteiger partial charge in [-0.15, -0.1) is 0 Å². The van der Waals surface area contributed by atoms with Crippen molar-refractivity contribution in [2.75, 3.05) is 21.3 Å². The third-order valence-electron chi connectivity index (χ3n) is 2.89. The summed E-state index contributed by atoms with van der Waals surface area (Å²) in [5.41, 5.74) is 1.32. The zero-order valence-electron chi connectivity index (χ0n) is 11.0. The van der Waals surface area contributed by atoms with Crippen LogP contribution in [0.1, 0.15) is 26.3 Å². The first-order chi connectivity index (χ1) is 9.12. The summed E-state index contributed by atoms with van der Waals surface area (Å²) in [5, 5.41) is 0. The second-order valence-electron chi connectivity index (χ2n) is 4.06. The van der Waals surface area contributed by atoms with E-state index in [9.17, 15) is 9.59 Å². The van der Waals surface area contributed by atoms with E-state index < -0.39 is 0 Å². The minimum Gasteiger partial charge on any atom is -0.496 e. The van der Waals surface area contributed by atoms with Crippen molar-refractivity contribution in [2.24, 2.45) is 0 Å². The molecule has 100 valence electrons. The van der Waals surface area contributed by atoms with Crippen molar-refractivity contribution in [3.8, 4) is 5.75 Å². The molecule has 0 saturated carbocycles. The molecule has 0 unspecified atom stereocenters. The average Bonchev–Trinajstić information content (AvgIpc) is 2.42. The second-order valence-corrected chi connectivity index (χ2v) is 4.06. The summed E-state index contributed by atoms with van der Waals surface area (Å²) in [5.74, 6) is -0.218. The zero-order chi connectivity index (χ0) is 14.0. The van der Waals surface area contributed by atoms with Crippen LogP contribution in [-0.2, 0) is 16.1 Å². The number of benzene rings is 1. The monoisotopic (exact) mass is 262 g/mol. The molecule has 19 heavy (non-hydrogen) atoms. The van der Waals surface area contributed by atoms with Crippen molar-refractivity contribution in [2.45, 2.75) is 6.61 Å². The highest BCUT2D eigenvalue weighted by molar-refractivity contribution is 6.24. The highest BCUT2D eigenvalue weighted by Gasteiger charge is 2.30. The lowest BCUT2D eigenvalue weighted by Gasteiger charge is -2.18. The Morgan fingerprint density at radius 3 is 2.37 bits per heavy atom. The first-order valence-corrected chi connectivity index (χ1v) is 5.67. The van der Waals surface area contributed by atoms with E-state index in [0.29, 0.717) is 12.4 Å². The third-order valence-corrected chi connectivity index (χ3v) is 2.89. The molecule has 5 nitrogen and oxygen atoms in total. The molecule has 0 aromatic heterocycles. The summed E-state index contributed by atoms with van der Waals surface area (Å²) >= 11 is 0. The highest BCUT2D eigenvalue weighted by Crippen LogP contribution is 2.31. The van der Waals surface area contributed by atoms with Crippen molar-refractivity contribution >= 4 is 11.6 Å². The lowest BCUT2D eigenvalue weighted by Crippen LogP contribution is -2.19. The second kappa shape index (κ2) is 5.24. The molecule has 1 aromatic carbocycles. The summed E-state index contributed by atoms with van der Waals surface area (Å²) < 4.78 is 15.1. The lowest BCUT2D eigenvalue weighted by atomic mass is 9.91. The molecule has 0 amide bonds. The molecular formula is C14H14O5. The molecule has 0 aliphatic heterocycles. The fraction of sp³-hybridized carbons (Fsp3) is 0.286. The molecule has 1 aliphatic carbocycles. The number of rotatable bonds is 4. The van der Waals surface area contributed by atoms with E-state index >= 15 is 0 Å². The van der Waals surface area contributed by atoms with Crippen molar-refractivity contribution in [1.82, 2.24) is 0 Å². The number of hydrogen-bond acceptors (Lipinski definition) is 5. The van der Waals surface area contributed by atoms with Gasteiger partial charge in [0.15, 0.2) is 11.5 Å². The molecule has 0 spiro atoms. The van der Waals surface area contributed by atoms with Gasteiger partial charge in [0.25, 0.3) is 0 Å². The topological polar surface area (TPSA) is 61.8 Å². The maximum absolute atomic E-state index is 12.2. The Bertz CT molecular complexity index is 571. The lowest BCUT2D eigenvalue weighted by molar-refractivity contribution is 0.0914. The van der Waals surface area contributed by atoms with Gasteiger partial charge < -0.3 is 14.2 Å². The molecular weight excluding hydrogens is 248 g/mol. The Labute approximate surface area is 110 Å². The summed E-state index contributed by atoms with van der Waals surface area (Å²) in [7, 11) is 4.37. The van der Waals surface area contributed by atoms with Crippen molar-refractivity contribution in [3.63, 3.8) is 0 Å². The van der Waals surface area contributed by atoms with E-state index in [1.807, 2.05) is 0 Å². The van der Waals surface area contributed by atoms with Crippen LogP contribution >= 0.6 is 0 Å². The SMILES string of the molecule is COCc1cc(OC)c2c(c1)C(=O)C(OC)=CC2=O. The first-order valence-electron chi connectivity index (χ1n) is 5.67. The Kier molecular flexibility index (Phi) is 3.66. The van der Waals surface area contributed by atoms with Gasteiger partial charge in [-0.25, -0.2) is 0 Å². The van der Waals surface area contributed by atoms with Gasteiger partial charge in [0, 0.05) is 18.7 Å². The van der Waals surface area contributed by atoms with Crippen LogP contribution in [0.3, 0.4) is 0 Å². The molecule has 1 aromatic rings. The predicted octanol–water partition coefficient (Wildman–Crippen LogP) is 1.75. The van der Waals surface area contributed by atoms with Gasteiger partial charge in [-0.2, -0.15) is 0 Å². The van der Waals surface area contributed by atoms with E-state index in [1.54, 1.807) is 19.2 Å². The smallest absolute Gasteiger partial charge is 0.228 e. The van der Waals surface area contributed by atoms with E-state index in [4.69, 9.17) is 14.2 Å². The summed E-state index contributed by atoms with van der Waals surface area (Å²) in [6.45, 7) is 0.330. The van der Waals surface area contributed by atoms with Crippen LogP contribution in [0.2, 0.25) is 0 Å². The number of ether oxygens (including phenoxy) is 3. The molecule has 1 aliphatic rings. The van der Waals surface area contributed by atoms with E-state index in [-0.39, 0.29) is 28.5 Å². The quantitative estimate of drug-likeness (QED) is 0.827. The minimum absolute atomic E-state index is 0.0362. The van der Waals surface area contributed by atoms with Crippen LogP contribution in [-0.4, -0.2) is 32.9 Å². The molecule has 0 atom stereocenters. The summed E-state index contributed by atoms with van der Waals surface area (Å²) in [6, 6.07) is 3.33. The summed E-state index contributed by atoms with van der Waals surface area (Å²) in [6.07, 6.45) is 1.18. The molecule has 5 heteroatoms. The van der Waals surface area contributed by atoms with Crippen LogP contribution in [0.25, 0.3) is 0 Å². The van der Waals surface area contributed by atoms with E-state index in [1.165, 1.54) is 20.3 Å². The Morgan fingerprint density at radius 1 is 1.05 bits per heavy atom. The van der Waals surface area contributed by atoms with Crippen LogP contribution < -0.4 is 4.74 Å². The van der Waals surface area contributed by atoms with Crippen molar-refractivity contribution in [1.29, 1.82) is 0 Å². The number of carbonyl (C=O) groups is 2. The standard InChI is InChI=1S/C14H14O5/c1-17-7-8-4-9-13(11(5-8)18-2)10(15)6-12(19-3)14(9)16/h4-6H,7H2,1-3H3. The third kappa shape index (κ3) is 2.24. The number of ketones is 2. The molecule has 0 bridgehead atoms. The van der Waals surface area contributed by atoms with Crippen molar-refractivity contribution < 1.29 is 23.8 Å². The number of allylic oxidation sites excluding steroid dienone is 2. The van der Waals surface area contributed by atoms with E-state index in [0.717, 1.165) is 5.56 Å². The van der Waals surface area contributed by atoms with Gasteiger partial charge >= 0.3 is 0 Å². The maximum atomic E-state index is 12.2. The predicted molar refractivity (Wildman–Crippen MR) is 67.5 cm³/mol. The van der Waals surface area contributed by atoms with Gasteiger partial charge in [0.1, 0.15) is 5.75 Å². The van der Waals surface area contributed by atoms with Gasteiger partial charge in [0.2, 0.25) is 5.78 Å². The normalized spacial score (nSPS) is 13.9. The van der Waals surface area contributed by atoms with Gasteiger partial charge in [-0.3, -0.25) is 9.59 Å². The van der Waals surface area contributed by atoms with E-state index in [2.05, 4.69) is 0 Å². The zero-order valence-corrected chi connectivity index (χ0v) is 11.0. The van der Waals surface area contributed by atoms with Crippen LogP contribution in [0, 0.1) is 0 Å². The largest absolute Gasteiger partial charge is 0.496 e. The van der Waals surface area contributed by atoms with Crippen LogP contribution in [0.4, 0.5) is 0 Å². The highest BCUT2D eigenvalue weighted by atomic mass is 16.5. The van der Waals surface area contributed by atoms with Crippen LogP contribution in [0.5, 0.6) is 5.75 Å².